The molecule has 0 nitrogen and oxygen atoms in total. The van der Waals surface area contributed by atoms with Gasteiger partial charge in [0.25, 0.3) is 0 Å². The number of aryl methyl sites for hydroxylation is 2. The van der Waals surface area contributed by atoms with Crippen molar-refractivity contribution in [3.8, 4) is 33.4 Å². The van der Waals surface area contributed by atoms with Crippen LogP contribution in [0.3, 0.4) is 0 Å². The van der Waals surface area contributed by atoms with Gasteiger partial charge in [0.1, 0.15) is 0 Å². The Balaban J connectivity index is 0.000000236. The summed E-state index contributed by atoms with van der Waals surface area (Å²) in [6.45, 7) is 4.42. The van der Waals surface area contributed by atoms with Crippen molar-refractivity contribution in [3.05, 3.63) is 139 Å². The van der Waals surface area contributed by atoms with Gasteiger partial charge in [-0.2, -0.15) is 35.5 Å². The van der Waals surface area contributed by atoms with E-state index in [1.165, 1.54) is 65.7 Å². The van der Waals surface area contributed by atoms with E-state index in [2.05, 4.69) is 135 Å². The minimum atomic E-state index is 0. The molecule has 0 atom stereocenters. The van der Waals surface area contributed by atoms with E-state index < -0.39 is 0 Å². The van der Waals surface area contributed by atoms with Crippen LogP contribution in [0, 0.1) is 13.0 Å². The molecule has 1 heterocycles. The predicted octanol–water partition coefficient (Wildman–Crippen LogP) is 1.89. The maximum Gasteiger partial charge on any atom is 4.00 e. The third kappa shape index (κ3) is 6.32. The monoisotopic (exact) mass is 648 g/mol. The van der Waals surface area contributed by atoms with Crippen LogP contribution in [-0.4, -0.2) is 9.52 Å². The van der Waals surface area contributed by atoms with E-state index in [-0.39, 0.29) is 51.0 Å². The van der Waals surface area contributed by atoms with E-state index in [0.717, 1.165) is 15.9 Å². The fraction of sp³-hybridized carbons (Fsp3) is 0.0833. The summed E-state index contributed by atoms with van der Waals surface area (Å²) in [5, 5.41) is 5.52. The summed E-state index contributed by atoms with van der Waals surface area (Å²) in [6, 6.07) is 46.8. The second-order valence-electron chi connectivity index (χ2n) is 9.52. The Morgan fingerprint density at radius 2 is 1.38 bits per heavy atom. The van der Waals surface area contributed by atoms with Crippen molar-refractivity contribution in [3.63, 3.8) is 0 Å². The van der Waals surface area contributed by atoms with Gasteiger partial charge in [0.05, 0.1) is 9.52 Å². The molecule has 2 radical (unpaired) electrons. The van der Waals surface area contributed by atoms with Crippen LogP contribution in [0.2, 0.25) is 0 Å². The first-order valence-electron chi connectivity index (χ1n) is 12.9. The molecule has 1 aliphatic heterocycles. The van der Waals surface area contributed by atoms with Gasteiger partial charge in [-0.15, -0.1) is 34.0 Å². The van der Waals surface area contributed by atoms with Crippen LogP contribution in [0.5, 0.6) is 0 Å². The van der Waals surface area contributed by atoms with Gasteiger partial charge in [-0.05, 0) is 35.6 Å². The summed E-state index contributed by atoms with van der Waals surface area (Å²) in [6.07, 6.45) is 1.07. The van der Waals surface area contributed by atoms with Gasteiger partial charge in [0, 0.05) is 0 Å². The van der Waals surface area contributed by atoms with Crippen LogP contribution >= 0.6 is 0 Å². The molecule has 0 spiro atoms. The molecule has 6 aromatic rings. The maximum absolute atomic E-state index is 3.31. The van der Waals surface area contributed by atoms with Crippen molar-refractivity contribution in [1.29, 1.82) is 0 Å². The summed E-state index contributed by atoms with van der Waals surface area (Å²) in [7, 11) is 0.795. The standard InChI is InChI=1S/C24H21.C12H7Si.2ClH.Zr/c1-3-18-15-20-13-14-22(19-10-5-4-6-11-19)24(23(20)16-18)21-12-8-7-9-17(21)2;1-3-7-11-9(5-1)10-6-2-4-8-12(10)13-11;;;/h4-16H,3H2,1-2H3;1-7H;2*1H;/q2*-1;;;+4/p-2. The summed E-state index contributed by atoms with van der Waals surface area (Å²) in [5.74, 6) is 0. The fourth-order valence-corrected chi connectivity index (χ4v) is 6.59. The summed E-state index contributed by atoms with van der Waals surface area (Å²) in [5.41, 5.74) is 10.8. The van der Waals surface area contributed by atoms with Gasteiger partial charge >= 0.3 is 26.2 Å². The number of hydrogen-bond donors (Lipinski definition) is 0. The molecule has 0 N–H and O–H groups in total. The van der Waals surface area contributed by atoms with Gasteiger partial charge in [-0.1, -0.05) is 108 Å². The average Bonchev–Trinajstić information content (AvgIpc) is 3.55. The van der Waals surface area contributed by atoms with Crippen molar-refractivity contribution >= 4 is 30.7 Å². The SMILES string of the molecule is CCc1cc2c(-c3ccccc3C)c(-c3ccccc3)ccc2[cH-]1.[Cl-].[Cl-].[Zr+4].[c-]1cccc2c1[Si]c1ccccc1-2. The summed E-state index contributed by atoms with van der Waals surface area (Å²) >= 11 is 0. The van der Waals surface area contributed by atoms with Crippen molar-refractivity contribution in [1.82, 2.24) is 0 Å². The van der Waals surface area contributed by atoms with Gasteiger partial charge in [-0.3, -0.25) is 0 Å². The normalized spacial score (nSPS) is 10.7. The Kier molecular flexibility index (Phi) is 11.4. The average molecular weight is 651 g/mol. The maximum atomic E-state index is 3.31. The van der Waals surface area contributed by atoms with E-state index in [0.29, 0.717) is 0 Å². The smallest absolute Gasteiger partial charge is 1.00 e. The van der Waals surface area contributed by atoms with E-state index in [9.17, 15) is 0 Å². The molecule has 194 valence electrons. The Hall–Kier alpha value is -2.61. The van der Waals surface area contributed by atoms with Crippen LogP contribution in [0.1, 0.15) is 18.1 Å². The quantitative estimate of drug-likeness (QED) is 0.203. The molecule has 40 heavy (non-hydrogen) atoms. The molecule has 6 aromatic carbocycles. The van der Waals surface area contributed by atoms with Gasteiger partial charge < -0.3 is 24.8 Å². The Morgan fingerprint density at radius 1 is 0.700 bits per heavy atom. The first-order valence-corrected chi connectivity index (χ1v) is 13.9. The van der Waals surface area contributed by atoms with Crippen molar-refractivity contribution in [2.24, 2.45) is 0 Å². The number of rotatable bonds is 3. The first kappa shape index (κ1) is 31.9. The van der Waals surface area contributed by atoms with Gasteiger partial charge in [0.15, 0.2) is 0 Å². The van der Waals surface area contributed by atoms with E-state index in [1.54, 1.807) is 0 Å². The molecular formula is C36H28Cl2SiZr. The number of benzene rings is 5. The zero-order chi connectivity index (χ0) is 25.2. The minimum absolute atomic E-state index is 0. The molecule has 0 unspecified atom stereocenters. The summed E-state index contributed by atoms with van der Waals surface area (Å²) in [4.78, 5) is 0. The topological polar surface area (TPSA) is 0 Å². The second kappa shape index (κ2) is 14.3. The molecule has 0 saturated heterocycles. The van der Waals surface area contributed by atoms with Crippen LogP contribution in [-0.2, 0) is 32.6 Å². The number of halogens is 2. The van der Waals surface area contributed by atoms with Crippen LogP contribution < -0.4 is 35.2 Å². The Bertz CT molecular complexity index is 1660. The molecule has 0 aromatic heterocycles. The van der Waals surface area contributed by atoms with Crippen molar-refractivity contribution in [2.75, 3.05) is 0 Å². The number of fused-ring (bicyclic) bond motifs is 4. The predicted molar refractivity (Wildman–Crippen MR) is 160 cm³/mol. The molecule has 0 saturated carbocycles. The van der Waals surface area contributed by atoms with E-state index in [1.807, 2.05) is 6.07 Å². The summed E-state index contributed by atoms with van der Waals surface area (Å²) < 4.78 is 0. The third-order valence-electron chi connectivity index (χ3n) is 7.19. The van der Waals surface area contributed by atoms with Gasteiger partial charge in [-0.25, -0.2) is 0 Å². The Labute approximate surface area is 272 Å². The van der Waals surface area contributed by atoms with E-state index in [4.69, 9.17) is 0 Å². The minimum Gasteiger partial charge on any atom is -1.00 e. The molecule has 0 bridgehead atoms. The van der Waals surface area contributed by atoms with Crippen molar-refractivity contribution in [2.45, 2.75) is 20.3 Å². The molecule has 0 amide bonds. The van der Waals surface area contributed by atoms with E-state index >= 15 is 0 Å². The molecule has 7 rings (SSSR count). The fourth-order valence-electron chi connectivity index (χ4n) is 5.28. The first-order chi connectivity index (χ1) is 18.2. The largest absolute Gasteiger partial charge is 4.00 e. The van der Waals surface area contributed by atoms with Crippen molar-refractivity contribution < 1.29 is 51.0 Å². The Morgan fingerprint density at radius 3 is 2.12 bits per heavy atom. The molecule has 4 heteroatoms. The van der Waals surface area contributed by atoms with Crippen LogP contribution in [0.25, 0.3) is 44.2 Å². The van der Waals surface area contributed by atoms with Crippen LogP contribution in [0.15, 0.2) is 121 Å². The zero-order valence-electron chi connectivity index (χ0n) is 22.5. The van der Waals surface area contributed by atoms with Crippen LogP contribution in [0.4, 0.5) is 0 Å². The molecule has 1 aliphatic rings. The zero-order valence-corrected chi connectivity index (χ0v) is 27.5. The molecular weight excluding hydrogens is 623 g/mol. The third-order valence-corrected chi connectivity index (χ3v) is 8.56. The molecule has 0 fully saturated rings. The molecule has 0 aliphatic carbocycles. The second-order valence-corrected chi connectivity index (χ2v) is 10.8. The number of hydrogen-bond acceptors (Lipinski definition) is 0. The van der Waals surface area contributed by atoms with Gasteiger partial charge in [0.2, 0.25) is 0 Å².